The molecule has 1 aliphatic rings. The summed E-state index contributed by atoms with van der Waals surface area (Å²) in [6, 6.07) is 5.42. The summed E-state index contributed by atoms with van der Waals surface area (Å²) in [5, 5.41) is 11.1. The Kier molecular flexibility index (Phi) is 3.90. The van der Waals surface area contributed by atoms with Gasteiger partial charge in [-0.05, 0) is 31.2 Å². The quantitative estimate of drug-likeness (QED) is 0.762. The average molecular weight is 356 g/mol. The number of hydrogen-bond donors (Lipinski definition) is 1. The standard InChI is InChI=1S/C17H17FN6O2/c1-10-19-16(26-22-10)15-13-9-24(8-7-14(13)23(2)21-15)17(25)20-12-5-3-11(18)4-6-12/h3-6H,7-9H2,1-2H3,(H,20,25). The normalized spacial score (nSPS) is 13.6. The molecule has 0 atom stereocenters. The van der Waals surface area contributed by atoms with E-state index >= 15 is 0 Å². The summed E-state index contributed by atoms with van der Waals surface area (Å²) >= 11 is 0. The third-order valence-electron chi connectivity index (χ3n) is 4.36. The number of hydrogen-bond acceptors (Lipinski definition) is 5. The maximum absolute atomic E-state index is 13.0. The molecule has 0 spiro atoms. The molecule has 26 heavy (non-hydrogen) atoms. The molecule has 8 nitrogen and oxygen atoms in total. The minimum Gasteiger partial charge on any atom is -0.332 e. The summed E-state index contributed by atoms with van der Waals surface area (Å²) in [5.74, 6) is 0.529. The van der Waals surface area contributed by atoms with Gasteiger partial charge in [-0.1, -0.05) is 5.16 Å². The van der Waals surface area contributed by atoms with Gasteiger partial charge in [0, 0.05) is 37.0 Å². The number of amides is 2. The number of anilines is 1. The van der Waals surface area contributed by atoms with E-state index in [2.05, 4.69) is 20.6 Å². The van der Waals surface area contributed by atoms with Gasteiger partial charge in [0.2, 0.25) is 0 Å². The van der Waals surface area contributed by atoms with Crippen molar-refractivity contribution < 1.29 is 13.7 Å². The first-order valence-electron chi connectivity index (χ1n) is 8.18. The summed E-state index contributed by atoms with van der Waals surface area (Å²) in [6.45, 7) is 2.68. The minimum atomic E-state index is -0.347. The van der Waals surface area contributed by atoms with Gasteiger partial charge >= 0.3 is 6.03 Å². The van der Waals surface area contributed by atoms with Gasteiger partial charge in [0.15, 0.2) is 11.5 Å². The molecule has 1 N–H and O–H groups in total. The van der Waals surface area contributed by atoms with Crippen LogP contribution in [-0.4, -0.2) is 37.4 Å². The molecule has 2 amide bonds. The first-order valence-corrected chi connectivity index (χ1v) is 8.18. The first-order chi connectivity index (χ1) is 12.5. The van der Waals surface area contributed by atoms with Crippen molar-refractivity contribution in [3.8, 4) is 11.6 Å². The Morgan fingerprint density at radius 1 is 1.31 bits per heavy atom. The summed E-state index contributed by atoms with van der Waals surface area (Å²) in [5.41, 5.74) is 3.09. The number of nitrogens with one attached hydrogen (secondary N) is 1. The highest BCUT2D eigenvalue weighted by Crippen LogP contribution is 2.29. The fourth-order valence-electron chi connectivity index (χ4n) is 3.07. The van der Waals surface area contributed by atoms with E-state index in [9.17, 15) is 9.18 Å². The Balaban J connectivity index is 1.57. The lowest BCUT2D eigenvalue weighted by molar-refractivity contribution is 0.206. The first kappa shape index (κ1) is 16.2. The molecule has 0 bridgehead atoms. The van der Waals surface area contributed by atoms with Crippen LogP contribution in [0, 0.1) is 12.7 Å². The predicted octanol–water partition coefficient (Wildman–Crippen LogP) is 2.51. The van der Waals surface area contributed by atoms with Crippen LogP contribution in [0.3, 0.4) is 0 Å². The zero-order valence-electron chi connectivity index (χ0n) is 14.4. The molecule has 3 aromatic rings. The largest absolute Gasteiger partial charge is 0.332 e. The SMILES string of the molecule is Cc1noc(-c2nn(C)c3c2CN(C(=O)Nc2ccc(F)cc2)CC3)n1. The second kappa shape index (κ2) is 6.25. The average Bonchev–Trinajstić information content (AvgIpc) is 3.20. The van der Waals surface area contributed by atoms with Crippen LogP contribution in [0.25, 0.3) is 11.6 Å². The van der Waals surface area contributed by atoms with Crippen LogP contribution in [-0.2, 0) is 20.0 Å². The molecule has 3 heterocycles. The lowest BCUT2D eigenvalue weighted by atomic mass is 10.1. The van der Waals surface area contributed by atoms with Crippen molar-refractivity contribution in [3.63, 3.8) is 0 Å². The molecule has 134 valence electrons. The van der Waals surface area contributed by atoms with Crippen LogP contribution in [0.15, 0.2) is 28.8 Å². The number of fused-ring (bicyclic) bond motifs is 1. The fraction of sp³-hybridized carbons (Fsp3) is 0.294. The highest BCUT2D eigenvalue weighted by Gasteiger charge is 2.29. The molecule has 0 aliphatic carbocycles. The molecule has 4 rings (SSSR count). The number of halogens is 1. The van der Waals surface area contributed by atoms with E-state index in [4.69, 9.17) is 4.52 Å². The van der Waals surface area contributed by atoms with Crippen LogP contribution in [0.4, 0.5) is 14.9 Å². The molecular weight excluding hydrogens is 339 g/mol. The monoisotopic (exact) mass is 356 g/mol. The van der Waals surface area contributed by atoms with Gasteiger partial charge < -0.3 is 14.7 Å². The van der Waals surface area contributed by atoms with E-state index in [1.165, 1.54) is 24.3 Å². The molecule has 1 aromatic carbocycles. The Hall–Kier alpha value is -3.23. The topological polar surface area (TPSA) is 89.1 Å². The van der Waals surface area contributed by atoms with Gasteiger partial charge in [0.05, 0.1) is 6.54 Å². The van der Waals surface area contributed by atoms with Crippen molar-refractivity contribution in [2.45, 2.75) is 19.9 Å². The van der Waals surface area contributed by atoms with Crippen LogP contribution in [0.5, 0.6) is 0 Å². The number of carbonyl (C=O) groups excluding carboxylic acids is 1. The number of rotatable bonds is 2. The van der Waals surface area contributed by atoms with E-state index in [1.807, 2.05) is 7.05 Å². The van der Waals surface area contributed by atoms with Crippen molar-refractivity contribution in [1.82, 2.24) is 24.8 Å². The van der Waals surface area contributed by atoms with Gasteiger partial charge in [0.1, 0.15) is 5.82 Å². The summed E-state index contributed by atoms with van der Waals surface area (Å²) < 4.78 is 20.0. The van der Waals surface area contributed by atoms with Gasteiger partial charge in [0.25, 0.3) is 5.89 Å². The number of aryl methyl sites for hydroxylation is 2. The molecule has 0 radical (unpaired) electrons. The number of benzene rings is 1. The van der Waals surface area contributed by atoms with Crippen molar-refractivity contribution in [2.24, 2.45) is 7.05 Å². The molecule has 1 aliphatic heterocycles. The lowest BCUT2D eigenvalue weighted by Crippen LogP contribution is -2.39. The second-order valence-corrected chi connectivity index (χ2v) is 6.15. The van der Waals surface area contributed by atoms with Crippen molar-refractivity contribution in [3.05, 3.63) is 47.2 Å². The third-order valence-corrected chi connectivity index (χ3v) is 4.36. The van der Waals surface area contributed by atoms with Gasteiger partial charge in [-0.2, -0.15) is 10.1 Å². The highest BCUT2D eigenvalue weighted by molar-refractivity contribution is 5.89. The van der Waals surface area contributed by atoms with Crippen molar-refractivity contribution >= 4 is 11.7 Å². The van der Waals surface area contributed by atoms with Gasteiger partial charge in [-0.15, -0.1) is 0 Å². The Bertz CT molecular complexity index is 962. The number of urea groups is 1. The van der Waals surface area contributed by atoms with Crippen LogP contribution < -0.4 is 5.32 Å². The minimum absolute atomic E-state index is 0.251. The third kappa shape index (κ3) is 2.92. The number of nitrogens with zero attached hydrogens (tertiary/aromatic N) is 5. The highest BCUT2D eigenvalue weighted by atomic mass is 19.1. The Morgan fingerprint density at radius 2 is 2.08 bits per heavy atom. The van der Waals surface area contributed by atoms with E-state index < -0.39 is 0 Å². The molecule has 0 saturated heterocycles. The van der Waals surface area contributed by atoms with Crippen molar-refractivity contribution in [2.75, 3.05) is 11.9 Å². The maximum atomic E-state index is 13.0. The molecule has 0 unspecified atom stereocenters. The molecule has 9 heteroatoms. The van der Waals surface area contributed by atoms with Crippen LogP contribution in [0.1, 0.15) is 17.1 Å². The van der Waals surface area contributed by atoms with E-state index in [1.54, 1.807) is 16.5 Å². The summed E-state index contributed by atoms with van der Waals surface area (Å²) in [6.07, 6.45) is 0.669. The van der Waals surface area contributed by atoms with E-state index in [0.29, 0.717) is 42.6 Å². The molecular formula is C17H17FN6O2. The van der Waals surface area contributed by atoms with Crippen molar-refractivity contribution in [1.29, 1.82) is 0 Å². The zero-order chi connectivity index (χ0) is 18.3. The number of carbonyl (C=O) groups is 1. The fourth-order valence-corrected chi connectivity index (χ4v) is 3.07. The van der Waals surface area contributed by atoms with E-state index in [-0.39, 0.29) is 11.8 Å². The maximum Gasteiger partial charge on any atom is 0.322 e. The van der Waals surface area contributed by atoms with Gasteiger partial charge in [-0.3, -0.25) is 4.68 Å². The smallest absolute Gasteiger partial charge is 0.322 e. The van der Waals surface area contributed by atoms with Crippen LogP contribution in [0.2, 0.25) is 0 Å². The number of aromatic nitrogens is 4. The van der Waals surface area contributed by atoms with E-state index in [0.717, 1.165) is 11.3 Å². The Labute approximate surface area is 148 Å². The Morgan fingerprint density at radius 3 is 2.77 bits per heavy atom. The lowest BCUT2D eigenvalue weighted by Gasteiger charge is -2.27. The van der Waals surface area contributed by atoms with Gasteiger partial charge in [-0.25, -0.2) is 9.18 Å². The van der Waals surface area contributed by atoms with Crippen LogP contribution >= 0.6 is 0 Å². The molecule has 0 saturated carbocycles. The molecule has 0 fully saturated rings. The second-order valence-electron chi connectivity index (χ2n) is 6.15. The molecule has 2 aromatic heterocycles. The predicted molar refractivity (Wildman–Crippen MR) is 90.8 cm³/mol. The summed E-state index contributed by atoms with van der Waals surface area (Å²) in [4.78, 5) is 18.5. The zero-order valence-corrected chi connectivity index (χ0v) is 14.4. The summed E-state index contributed by atoms with van der Waals surface area (Å²) in [7, 11) is 1.86.